The number of hydrogen-bond donors (Lipinski definition) is 1. The molecule has 4 saturated carbocycles. The molecule has 6 rings (SSSR count). The van der Waals surface area contributed by atoms with E-state index in [0.29, 0.717) is 36.6 Å². The molecule has 4 fully saturated rings. The van der Waals surface area contributed by atoms with E-state index in [-0.39, 0.29) is 17.4 Å². The van der Waals surface area contributed by atoms with Crippen LogP contribution in [-0.2, 0) is 16.8 Å². The van der Waals surface area contributed by atoms with Gasteiger partial charge in [0, 0.05) is 25.4 Å². The van der Waals surface area contributed by atoms with Crippen LogP contribution >= 0.6 is 0 Å². The Morgan fingerprint density at radius 3 is 2.00 bits per heavy atom. The van der Waals surface area contributed by atoms with Gasteiger partial charge in [-0.05, 0) is 60.5 Å². The molecule has 0 saturated heterocycles. The van der Waals surface area contributed by atoms with Gasteiger partial charge in [0.25, 0.3) is 0 Å². The highest BCUT2D eigenvalue weighted by atomic mass is 16.3. The van der Waals surface area contributed by atoms with E-state index in [1.807, 2.05) is 30.1 Å². The smallest absolute Gasteiger partial charge is 0.223 e. The summed E-state index contributed by atoms with van der Waals surface area (Å²) in [4.78, 5) is 15.4. The lowest BCUT2D eigenvalue weighted by Crippen LogP contribution is -2.61. The molecule has 2 aromatic carbocycles. The lowest BCUT2D eigenvalue weighted by atomic mass is 9.42. The first-order chi connectivity index (χ1) is 14.1. The highest BCUT2D eigenvalue weighted by Gasteiger charge is 2.61. The van der Waals surface area contributed by atoms with Gasteiger partial charge in [0.05, 0.1) is 6.10 Å². The molecule has 2 aromatic rings. The molecule has 29 heavy (non-hydrogen) atoms. The molecule has 4 aliphatic rings. The monoisotopic (exact) mass is 389 g/mol. The van der Waals surface area contributed by atoms with Crippen LogP contribution < -0.4 is 0 Å². The van der Waals surface area contributed by atoms with Crippen LogP contribution in [0.1, 0.15) is 43.2 Å². The van der Waals surface area contributed by atoms with Crippen molar-refractivity contribution in [2.45, 2.75) is 50.2 Å². The van der Waals surface area contributed by atoms with E-state index in [1.165, 1.54) is 11.1 Å². The molecule has 152 valence electrons. The van der Waals surface area contributed by atoms with Gasteiger partial charge in [0.15, 0.2) is 0 Å². The van der Waals surface area contributed by atoms with Crippen LogP contribution in [0.5, 0.6) is 0 Å². The average Bonchev–Trinajstić information content (AvgIpc) is 2.73. The highest BCUT2D eigenvalue weighted by molar-refractivity contribution is 5.78. The Bertz CT molecular complexity index is 833. The lowest BCUT2D eigenvalue weighted by Gasteiger charge is -2.63. The maximum absolute atomic E-state index is 13.5. The first-order valence-corrected chi connectivity index (χ1v) is 11.1. The summed E-state index contributed by atoms with van der Waals surface area (Å²) in [5, 5.41) is 10.6. The molecule has 4 aliphatic carbocycles. The maximum atomic E-state index is 13.5. The van der Waals surface area contributed by atoms with E-state index in [4.69, 9.17) is 0 Å². The van der Waals surface area contributed by atoms with Crippen molar-refractivity contribution in [2.24, 2.45) is 23.7 Å². The summed E-state index contributed by atoms with van der Waals surface area (Å²) in [6.07, 6.45) is 4.74. The molecule has 4 bridgehead atoms. The molecule has 0 spiro atoms. The molecule has 0 atom stereocenters. The minimum atomic E-state index is -0.118. The zero-order valence-corrected chi connectivity index (χ0v) is 17.2. The van der Waals surface area contributed by atoms with Crippen LogP contribution in [0.25, 0.3) is 0 Å². The predicted octanol–water partition coefficient (Wildman–Crippen LogP) is 4.40. The van der Waals surface area contributed by atoms with Crippen molar-refractivity contribution in [1.82, 2.24) is 4.90 Å². The summed E-state index contributed by atoms with van der Waals surface area (Å²) in [6.45, 7) is 0.657. The molecule has 1 amide bonds. The molecule has 3 nitrogen and oxygen atoms in total. The Morgan fingerprint density at radius 2 is 1.45 bits per heavy atom. The molecule has 1 N–H and O–H groups in total. The first kappa shape index (κ1) is 18.9. The number of aliphatic hydroxyl groups is 1. The second-order valence-electron chi connectivity index (χ2n) is 9.67. The summed E-state index contributed by atoms with van der Waals surface area (Å²) >= 11 is 0. The lowest BCUT2D eigenvalue weighted by molar-refractivity contribution is -0.152. The summed E-state index contributed by atoms with van der Waals surface area (Å²) in [6, 6.07) is 21.0. The number of rotatable bonds is 5. The Labute approximate surface area is 173 Å². The van der Waals surface area contributed by atoms with Crippen LogP contribution in [0, 0.1) is 23.7 Å². The second kappa shape index (κ2) is 7.28. The number of benzene rings is 2. The van der Waals surface area contributed by atoms with Gasteiger partial charge in [-0.25, -0.2) is 0 Å². The van der Waals surface area contributed by atoms with Crippen LogP contribution in [0.15, 0.2) is 60.7 Å². The number of amides is 1. The van der Waals surface area contributed by atoms with Crippen LogP contribution in [0.2, 0.25) is 0 Å². The summed E-state index contributed by atoms with van der Waals surface area (Å²) < 4.78 is 0. The van der Waals surface area contributed by atoms with Crippen LogP contribution in [0.3, 0.4) is 0 Å². The fraction of sp³-hybridized carbons (Fsp3) is 0.500. The normalized spacial score (nSPS) is 34.9. The fourth-order valence-corrected chi connectivity index (χ4v) is 6.91. The molecule has 0 aromatic heterocycles. The van der Waals surface area contributed by atoms with Gasteiger partial charge < -0.3 is 10.0 Å². The third-order valence-corrected chi connectivity index (χ3v) is 8.22. The molecule has 0 radical (unpaired) electrons. The Kier molecular flexibility index (Phi) is 4.74. The molecule has 0 unspecified atom stereocenters. The van der Waals surface area contributed by atoms with Crippen molar-refractivity contribution in [1.29, 1.82) is 0 Å². The summed E-state index contributed by atoms with van der Waals surface area (Å²) in [5.74, 6) is 2.12. The van der Waals surface area contributed by atoms with E-state index >= 15 is 0 Å². The average molecular weight is 390 g/mol. The number of hydrogen-bond acceptors (Lipinski definition) is 2. The number of aliphatic hydroxyl groups excluding tert-OH is 1. The zero-order valence-electron chi connectivity index (χ0n) is 17.2. The SMILES string of the molecule is CN(Cc1ccccc1)C(=O)CC1(c2ccccc2)C2CC3CC1CC(C2)C3O. The predicted molar refractivity (Wildman–Crippen MR) is 114 cm³/mol. The molecule has 3 heteroatoms. The minimum absolute atomic E-state index is 0.0730. The van der Waals surface area contributed by atoms with Gasteiger partial charge in [0.2, 0.25) is 5.91 Å². The molecule has 0 heterocycles. The Morgan fingerprint density at radius 1 is 0.931 bits per heavy atom. The van der Waals surface area contributed by atoms with Crippen LogP contribution in [-0.4, -0.2) is 29.1 Å². The van der Waals surface area contributed by atoms with Gasteiger partial charge in [-0.2, -0.15) is 0 Å². The number of nitrogens with zero attached hydrogens (tertiary/aromatic N) is 1. The topological polar surface area (TPSA) is 40.5 Å². The third-order valence-electron chi connectivity index (χ3n) is 8.22. The van der Waals surface area contributed by atoms with E-state index < -0.39 is 0 Å². The first-order valence-electron chi connectivity index (χ1n) is 11.1. The second-order valence-corrected chi connectivity index (χ2v) is 9.67. The number of carbonyl (C=O) groups excluding carboxylic acids is 1. The van der Waals surface area contributed by atoms with Gasteiger partial charge in [-0.15, -0.1) is 0 Å². The molecule has 0 aliphatic heterocycles. The quantitative estimate of drug-likeness (QED) is 0.823. The van der Waals surface area contributed by atoms with Gasteiger partial charge in [-0.1, -0.05) is 60.7 Å². The summed E-state index contributed by atoms with van der Waals surface area (Å²) in [5.41, 5.74) is 2.44. The van der Waals surface area contributed by atoms with Gasteiger partial charge in [-0.3, -0.25) is 4.79 Å². The Hall–Kier alpha value is -2.13. The van der Waals surface area contributed by atoms with Gasteiger partial charge >= 0.3 is 0 Å². The van der Waals surface area contributed by atoms with Crippen molar-refractivity contribution < 1.29 is 9.90 Å². The van der Waals surface area contributed by atoms with E-state index in [1.54, 1.807) is 0 Å². The largest absolute Gasteiger partial charge is 0.393 e. The fourth-order valence-electron chi connectivity index (χ4n) is 6.91. The van der Waals surface area contributed by atoms with E-state index in [9.17, 15) is 9.90 Å². The molecular weight excluding hydrogens is 358 g/mol. The van der Waals surface area contributed by atoms with E-state index in [2.05, 4.69) is 42.5 Å². The highest BCUT2D eigenvalue weighted by Crippen LogP contribution is 2.64. The third kappa shape index (κ3) is 3.11. The van der Waals surface area contributed by atoms with Crippen molar-refractivity contribution in [2.75, 3.05) is 7.05 Å². The van der Waals surface area contributed by atoms with Crippen molar-refractivity contribution in [3.63, 3.8) is 0 Å². The Balaban J connectivity index is 1.44. The maximum Gasteiger partial charge on any atom is 0.223 e. The van der Waals surface area contributed by atoms with Crippen molar-refractivity contribution in [3.05, 3.63) is 71.8 Å². The standard InChI is InChI=1S/C26H31NO2/c1-27(17-18-8-4-2-5-9-18)24(28)16-26(21-10-6-3-7-11-21)22-12-19-13-23(26)15-20(14-22)25(19)29/h2-11,19-20,22-23,25,29H,12-17H2,1H3. The zero-order chi connectivity index (χ0) is 20.0. The van der Waals surface area contributed by atoms with Crippen molar-refractivity contribution in [3.8, 4) is 0 Å². The summed E-state index contributed by atoms with van der Waals surface area (Å²) in [7, 11) is 1.94. The van der Waals surface area contributed by atoms with Gasteiger partial charge in [0.1, 0.15) is 0 Å². The van der Waals surface area contributed by atoms with E-state index in [0.717, 1.165) is 25.7 Å². The minimum Gasteiger partial charge on any atom is -0.393 e. The van der Waals surface area contributed by atoms with Crippen LogP contribution in [0.4, 0.5) is 0 Å². The number of carbonyl (C=O) groups is 1. The van der Waals surface area contributed by atoms with Crippen molar-refractivity contribution >= 4 is 5.91 Å². The molecular formula is C26H31NO2.